The van der Waals surface area contributed by atoms with Gasteiger partial charge in [-0.15, -0.1) is 0 Å². The molecule has 0 bridgehead atoms. The number of methoxy groups -OCH3 is 2. The summed E-state index contributed by atoms with van der Waals surface area (Å²) in [6.45, 7) is 0.677. The Labute approximate surface area is 166 Å². The van der Waals surface area contributed by atoms with E-state index in [0.717, 1.165) is 11.6 Å². The predicted molar refractivity (Wildman–Crippen MR) is 102 cm³/mol. The minimum absolute atomic E-state index is 0.0167. The molecule has 7 nitrogen and oxygen atoms in total. The third-order valence-electron chi connectivity index (χ3n) is 3.84. The van der Waals surface area contributed by atoms with Gasteiger partial charge in [-0.3, -0.25) is 4.99 Å². The monoisotopic (exact) mass is 412 g/mol. The smallest absolute Gasteiger partial charge is 0.421 e. The fourth-order valence-electron chi connectivity index (χ4n) is 2.44. The summed E-state index contributed by atoms with van der Waals surface area (Å²) in [5, 5.41) is 6.07. The fourth-order valence-corrected chi connectivity index (χ4v) is 2.44. The largest absolute Gasteiger partial charge is 0.493 e. The number of nitrogens with zero attached hydrogens (tertiary/aromatic N) is 2. The van der Waals surface area contributed by atoms with Crippen LogP contribution in [0.2, 0.25) is 0 Å². The number of halogens is 3. The summed E-state index contributed by atoms with van der Waals surface area (Å²) in [5.74, 6) is 1.26. The zero-order chi connectivity index (χ0) is 21.3. The van der Waals surface area contributed by atoms with E-state index in [1.54, 1.807) is 27.3 Å². The third kappa shape index (κ3) is 6.44. The second kappa shape index (κ2) is 10.4. The number of hydrogen-bond acceptors (Lipinski definition) is 5. The number of hydrogen-bond donors (Lipinski definition) is 2. The summed E-state index contributed by atoms with van der Waals surface area (Å²) < 4.78 is 54.4. The summed E-state index contributed by atoms with van der Waals surface area (Å²) in [6.07, 6.45) is -3.27. The second-order valence-electron chi connectivity index (χ2n) is 5.74. The highest BCUT2D eigenvalue weighted by Gasteiger charge is 2.34. The SMILES string of the molecule is CN=C(NCCOc1ncccc1C(F)(F)F)NCc1ccc(OC)c(OC)c1. The zero-order valence-electron chi connectivity index (χ0n) is 16.3. The number of pyridine rings is 1. The highest BCUT2D eigenvalue weighted by Crippen LogP contribution is 2.34. The lowest BCUT2D eigenvalue weighted by molar-refractivity contribution is -0.139. The first kappa shape index (κ1) is 22.1. The molecule has 2 aromatic rings. The first-order valence-electron chi connectivity index (χ1n) is 8.69. The van der Waals surface area contributed by atoms with Gasteiger partial charge in [0, 0.05) is 19.8 Å². The Morgan fingerprint density at radius 3 is 2.52 bits per heavy atom. The molecule has 0 spiro atoms. The van der Waals surface area contributed by atoms with E-state index in [4.69, 9.17) is 14.2 Å². The van der Waals surface area contributed by atoms with Gasteiger partial charge in [0.2, 0.25) is 5.88 Å². The van der Waals surface area contributed by atoms with Crippen LogP contribution in [0.1, 0.15) is 11.1 Å². The van der Waals surface area contributed by atoms with Gasteiger partial charge in [0.25, 0.3) is 0 Å². The van der Waals surface area contributed by atoms with Gasteiger partial charge in [-0.2, -0.15) is 13.2 Å². The van der Waals surface area contributed by atoms with E-state index in [9.17, 15) is 13.2 Å². The number of guanidine groups is 1. The van der Waals surface area contributed by atoms with Crippen LogP contribution in [0.5, 0.6) is 17.4 Å². The molecular weight excluding hydrogens is 389 g/mol. The average molecular weight is 412 g/mol. The number of aliphatic imine (C=N–C) groups is 1. The first-order valence-corrected chi connectivity index (χ1v) is 8.69. The Kier molecular flexibility index (Phi) is 7.93. The molecule has 0 saturated carbocycles. The highest BCUT2D eigenvalue weighted by atomic mass is 19.4. The van der Waals surface area contributed by atoms with Crippen molar-refractivity contribution in [2.45, 2.75) is 12.7 Å². The van der Waals surface area contributed by atoms with Gasteiger partial charge in [0.1, 0.15) is 12.2 Å². The number of nitrogens with one attached hydrogen (secondary N) is 2. The minimum atomic E-state index is -4.52. The molecule has 29 heavy (non-hydrogen) atoms. The molecule has 1 aromatic carbocycles. The van der Waals surface area contributed by atoms with Gasteiger partial charge >= 0.3 is 6.18 Å². The minimum Gasteiger partial charge on any atom is -0.493 e. The molecule has 10 heteroatoms. The molecule has 158 valence electrons. The van der Waals surface area contributed by atoms with Crippen molar-refractivity contribution in [1.29, 1.82) is 0 Å². The summed E-state index contributed by atoms with van der Waals surface area (Å²) in [4.78, 5) is 7.72. The van der Waals surface area contributed by atoms with E-state index >= 15 is 0 Å². The normalized spacial score (nSPS) is 11.7. The van der Waals surface area contributed by atoms with Gasteiger partial charge in [0.05, 0.1) is 20.8 Å². The maximum absolute atomic E-state index is 12.9. The summed E-state index contributed by atoms with van der Waals surface area (Å²) >= 11 is 0. The molecule has 0 aliphatic rings. The van der Waals surface area contributed by atoms with Crippen LogP contribution in [-0.4, -0.2) is 45.4 Å². The van der Waals surface area contributed by atoms with Crippen LogP contribution in [0.3, 0.4) is 0 Å². The summed E-state index contributed by atoms with van der Waals surface area (Å²) in [5.41, 5.74) is 0.0288. The quantitative estimate of drug-likeness (QED) is 0.395. The van der Waals surface area contributed by atoms with Gasteiger partial charge in [0.15, 0.2) is 17.5 Å². The lowest BCUT2D eigenvalue weighted by Gasteiger charge is -2.15. The van der Waals surface area contributed by atoms with Crippen molar-refractivity contribution < 1.29 is 27.4 Å². The lowest BCUT2D eigenvalue weighted by Crippen LogP contribution is -2.39. The Morgan fingerprint density at radius 2 is 1.86 bits per heavy atom. The Balaban J connectivity index is 1.83. The molecule has 2 N–H and O–H groups in total. The van der Waals surface area contributed by atoms with Gasteiger partial charge in [-0.05, 0) is 29.8 Å². The number of benzene rings is 1. The lowest BCUT2D eigenvalue weighted by atomic mass is 10.2. The van der Waals surface area contributed by atoms with Gasteiger partial charge in [-0.25, -0.2) is 4.98 Å². The Morgan fingerprint density at radius 1 is 1.10 bits per heavy atom. The third-order valence-corrected chi connectivity index (χ3v) is 3.84. The van der Waals surface area contributed by atoms with E-state index in [0.29, 0.717) is 24.0 Å². The molecule has 0 fully saturated rings. The van der Waals surface area contributed by atoms with Crippen molar-refractivity contribution in [2.75, 3.05) is 34.4 Å². The first-order chi connectivity index (χ1) is 13.9. The molecule has 0 saturated heterocycles. The Bertz CT molecular complexity index is 829. The molecule has 0 radical (unpaired) electrons. The summed E-state index contributed by atoms with van der Waals surface area (Å²) in [7, 11) is 4.71. The zero-order valence-corrected chi connectivity index (χ0v) is 16.3. The maximum atomic E-state index is 12.9. The standard InChI is InChI=1S/C19H23F3N4O3/c1-23-18(26-12-13-6-7-15(27-2)16(11-13)28-3)25-9-10-29-17-14(19(20,21)22)5-4-8-24-17/h4-8,11H,9-10,12H2,1-3H3,(H2,23,25,26). The van der Waals surface area contributed by atoms with E-state index in [2.05, 4.69) is 20.6 Å². The van der Waals surface area contributed by atoms with E-state index in [1.807, 2.05) is 12.1 Å². The maximum Gasteiger partial charge on any atom is 0.421 e. The van der Waals surface area contributed by atoms with Gasteiger partial charge < -0.3 is 24.8 Å². The number of aromatic nitrogens is 1. The summed E-state index contributed by atoms with van der Waals surface area (Å²) in [6, 6.07) is 7.66. The van der Waals surface area contributed by atoms with Crippen LogP contribution in [0.25, 0.3) is 0 Å². The van der Waals surface area contributed by atoms with Crippen LogP contribution in [0.15, 0.2) is 41.5 Å². The topological polar surface area (TPSA) is 77.0 Å². The van der Waals surface area contributed by atoms with Crippen LogP contribution in [0.4, 0.5) is 13.2 Å². The van der Waals surface area contributed by atoms with Crippen molar-refractivity contribution >= 4 is 5.96 Å². The van der Waals surface area contributed by atoms with E-state index in [-0.39, 0.29) is 13.2 Å². The van der Waals surface area contributed by atoms with Crippen LogP contribution in [-0.2, 0) is 12.7 Å². The van der Waals surface area contributed by atoms with Crippen LogP contribution < -0.4 is 24.8 Å². The van der Waals surface area contributed by atoms with Crippen molar-refractivity contribution in [3.8, 4) is 17.4 Å². The van der Waals surface area contributed by atoms with Crippen LogP contribution >= 0.6 is 0 Å². The Hall–Kier alpha value is -3.17. The van der Waals surface area contributed by atoms with E-state index < -0.39 is 17.6 Å². The molecule has 1 heterocycles. The molecule has 0 amide bonds. The molecule has 0 aliphatic heterocycles. The molecular formula is C19H23F3N4O3. The molecule has 0 atom stereocenters. The number of ether oxygens (including phenoxy) is 3. The van der Waals surface area contributed by atoms with Crippen LogP contribution in [0, 0.1) is 0 Å². The molecule has 2 rings (SSSR count). The molecule has 0 unspecified atom stereocenters. The fraction of sp³-hybridized carbons (Fsp3) is 0.368. The van der Waals surface area contributed by atoms with Gasteiger partial charge in [-0.1, -0.05) is 6.07 Å². The second-order valence-corrected chi connectivity index (χ2v) is 5.74. The number of alkyl halides is 3. The van der Waals surface area contributed by atoms with Crippen molar-refractivity contribution in [1.82, 2.24) is 15.6 Å². The highest BCUT2D eigenvalue weighted by molar-refractivity contribution is 5.79. The van der Waals surface area contributed by atoms with Crippen molar-refractivity contribution in [2.24, 2.45) is 4.99 Å². The van der Waals surface area contributed by atoms with E-state index in [1.165, 1.54) is 12.3 Å². The average Bonchev–Trinajstić information content (AvgIpc) is 2.72. The molecule has 1 aromatic heterocycles. The van der Waals surface area contributed by atoms with Crippen molar-refractivity contribution in [3.05, 3.63) is 47.7 Å². The molecule has 0 aliphatic carbocycles. The van der Waals surface area contributed by atoms with Crippen molar-refractivity contribution in [3.63, 3.8) is 0 Å². The predicted octanol–water partition coefficient (Wildman–Crippen LogP) is 2.86. The number of rotatable bonds is 8.